The van der Waals surface area contributed by atoms with Crippen LogP contribution in [0.1, 0.15) is 32.0 Å². The van der Waals surface area contributed by atoms with Gasteiger partial charge in [0.15, 0.2) is 10.9 Å². The maximum Gasteiger partial charge on any atom is 0.356 e. The first kappa shape index (κ1) is 21.3. The Hall–Kier alpha value is -3.39. The first-order chi connectivity index (χ1) is 14.5. The Balaban J connectivity index is 1.95. The van der Waals surface area contributed by atoms with E-state index in [1.807, 2.05) is 6.07 Å². The molecule has 0 aliphatic rings. The number of ether oxygens (including phenoxy) is 1. The molecule has 0 unspecified atom stereocenters. The first-order valence-electron chi connectivity index (χ1n) is 9.04. The van der Waals surface area contributed by atoms with Crippen LogP contribution in [0.3, 0.4) is 0 Å². The second kappa shape index (κ2) is 9.89. The third kappa shape index (κ3) is 5.15. The Labute approximate surface area is 177 Å². The molecule has 0 aliphatic carbocycles. The number of carbonyl (C=O) groups excluding carboxylic acids is 2. The summed E-state index contributed by atoms with van der Waals surface area (Å²) in [5, 5.41) is 3.07. The zero-order valence-electron chi connectivity index (χ0n) is 16.4. The van der Waals surface area contributed by atoms with Gasteiger partial charge in [0.2, 0.25) is 0 Å². The second-order valence-corrected chi connectivity index (χ2v) is 7.07. The number of aromatic amines is 1. The Morgan fingerprint density at radius 3 is 2.60 bits per heavy atom. The van der Waals surface area contributed by atoms with E-state index in [1.54, 1.807) is 48.9 Å². The summed E-state index contributed by atoms with van der Waals surface area (Å²) >= 11 is 1.23. The lowest BCUT2D eigenvalue weighted by molar-refractivity contribution is 0.0595. The Bertz CT molecular complexity index is 1080. The Morgan fingerprint density at radius 2 is 1.93 bits per heavy atom. The van der Waals surface area contributed by atoms with Crippen molar-refractivity contribution in [2.24, 2.45) is 4.99 Å². The normalized spacial score (nSPS) is 11.2. The van der Waals surface area contributed by atoms with Crippen LogP contribution >= 0.6 is 11.8 Å². The summed E-state index contributed by atoms with van der Waals surface area (Å²) < 4.78 is 18.4. The lowest BCUT2D eigenvalue weighted by atomic mass is 10.1. The summed E-state index contributed by atoms with van der Waals surface area (Å²) in [6.07, 6.45) is 3.74. The highest BCUT2D eigenvalue weighted by molar-refractivity contribution is 8.13. The Morgan fingerprint density at radius 1 is 1.17 bits per heavy atom. The zero-order chi connectivity index (χ0) is 21.5. The minimum absolute atomic E-state index is 0.157. The number of aromatic nitrogens is 1. The molecule has 2 aromatic carbocycles. The predicted molar refractivity (Wildman–Crippen MR) is 116 cm³/mol. The number of thioether (sulfide) groups is 1. The molecule has 30 heavy (non-hydrogen) atoms. The van der Waals surface area contributed by atoms with Crippen LogP contribution in [0.15, 0.2) is 65.8 Å². The van der Waals surface area contributed by atoms with E-state index in [0.717, 1.165) is 5.56 Å². The molecule has 0 radical (unpaired) electrons. The highest BCUT2D eigenvalue weighted by atomic mass is 32.2. The molecule has 0 aliphatic heterocycles. The summed E-state index contributed by atoms with van der Waals surface area (Å²) in [4.78, 5) is 32.1. The molecule has 0 saturated heterocycles. The quantitative estimate of drug-likeness (QED) is 0.362. The molecule has 1 aromatic heterocycles. The summed E-state index contributed by atoms with van der Waals surface area (Å²) in [6, 6.07) is 14.9. The fourth-order valence-electron chi connectivity index (χ4n) is 2.83. The number of aliphatic imine (C=N–C) groups is 1. The maximum atomic E-state index is 13.6. The molecule has 6 nitrogen and oxygen atoms in total. The van der Waals surface area contributed by atoms with E-state index in [9.17, 15) is 14.0 Å². The highest BCUT2D eigenvalue weighted by Crippen LogP contribution is 2.28. The summed E-state index contributed by atoms with van der Waals surface area (Å²) in [5.74, 6) is -1.25. The molecule has 0 saturated carbocycles. The van der Waals surface area contributed by atoms with Crippen molar-refractivity contribution in [1.82, 2.24) is 10.3 Å². The minimum Gasteiger partial charge on any atom is -0.464 e. The largest absolute Gasteiger partial charge is 0.464 e. The van der Waals surface area contributed by atoms with E-state index < -0.39 is 5.97 Å². The number of hydrogen-bond acceptors (Lipinski definition) is 5. The average Bonchev–Trinajstić information content (AvgIpc) is 3.15. The van der Waals surface area contributed by atoms with Crippen LogP contribution in [-0.2, 0) is 11.2 Å². The molecule has 8 heteroatoms. The smallest absolute Gasteiger partial charge is 0.356 e. The van der Waals surface area contributed by atoms with E-state index >= 15 is 0 Å². The van der Waals surface area contributed by atoms with Crippen molar-refractivity contribution in [3.05, 3.63) is 89.0 Å². The number of amidine groups is 1. The van der Waals surface area contributed by atoms with Crippen molar-refractivity contribution < 1.29 is 18.7 Å². The van der Waals surface area contributed by atoms with E-state index in [2.05, 4.69) is 15.3 Å². The van der Waals surface area contributed by atoms with Gasteiger partial charge in [-0.05, 0) is 36.1 Å². The summed E-state index contributed by atoms with van der Waals surface area (Å²) in [5.41, 5.74) is 2.37. The molecule has 1 amide bonds. The molecule has 0 spiro atoms. The molecule has 2 N–H and O–H groups in total. The highest BCUT2D eigenvalue weighted by Gasteiger charge is 2.20. The lowest BCUT2D eigenvalue weighted by Gasteiger charge is -2.08. The van der Waals surface area contributed by atoms with E-state index in [4.69, 9.17) is 4.74 Å². The number of methoxy groups -OCH3 is 1. The van der Waals surface area contributed by atoms with Crippen LogP contribution in [0.25, 0.3) is 0 Å². The van der Waals surface area contributed by atoms with Gasteiger partial charge in [0, 0.05) is 23.7 Å². The van der Waals surface area contributed by atoms with Gasteiger partial charge in [0.05, 0.1) is 7.11 Å². The number of amides is 1. The third-order valence-electron chi connectivity index (χ3n) is 4.27. The number of H-pyrrole nitrogens is 1. The maximum absolute atomic E-state index is 13.6. The standard InChI is InChI=1S/C22H20FN3O3S/c1-29-21(28)19-18(16(13-24-19)11-14-7-6-10-17(23)12-14)25-22(30-2)26-20(27)15-8-4-3-5-9-15/h3-10,12-13,24H,11H2,1-2H3,(H,25,26,27). The van der Waals surface area contributed by atoms with Gasteiger partial charge in [0.25, 0.3) is 5.91 Å². The molecule has 0 atom stereocenters. The second-order valence-electron chi connectivity index (χ2n) is 6.28. The molecule has 3 aromatic rings. The number of nitrogens with one attached hydrogen (secondary N) is 2. The minimum atomic E-state index is -0.589. The van der Waals surface area contributed by atoms with Gasteiger partial charge in [-0.1, -0.05) is 42.1 Å². The number of halogens is 1. The SMILES string of the molecule is COC(=O)c1[nH]cc(Cc2cccc(F)c2)c1N=C(NC(=O)c1ccccc1)SC. The fraction of sp³-hybridized carbons (Fsp3) is 0.136. The van der Waals surface area contributed by atoms with Gasteiger partial charge in [-0.15, -0.1) is 0 Å². The third-order valence-corrected chi connectivity index (χ3v) is 4.85. The monoisotopic (exact) mass is 425 g/mol. The first-order valence-corrected chi connectivity index (χ1v) is 10.3. The lowest BCUT2D eigenvalue weighted by Crippen LogP contribution is -2.28. The van der Waals surface area contributed by atoms with Crippen molar-refractivity contribution in [1.29, 1.82) is 0 Å². The molecular formula is C22H20FN3O3S. The van der Waals surface area contributed by atoms with Gasteiger partial charge in [-0.2, -0.15) is 0 Å². The van der Waals surface area contributed by atoms with Gasteiger partial charge >= 0.3 is 5.97 Å². The summed E-state index contributed by atoms with van der Waals surface area (Å²) in [6.45, 7) is 0. The number of carbonyl (C=O) groups is 2. The molecule has 1 heterocycles. The molecule has 0 bridgehead atoms. The van der Waals surface area contributed by atoms with Gasteiger partial charge in [0.1, 0.15) is 11.5 Å². The van der Waals surface area contributed by atoms with E-state index in [0.29, 0.717) is 28.4 Å². The van der Waals surface area contributed by atoms with E-state index in [1.165, 1.54) is 31.0 Å². The molecule has 0 fully saturated rings. The van der Waals surface area contributed by atoms with Crippen molar-refractivity contribution >= 4 is 34.5 Å². The van der Waals surface area contributed by atoms with Crippen LogP contribution < -0.4 is 5.32 Å². The fourth-order valence-corrected chi connectivity index (χ4v) is 3.21. The van der Waals surface area contributed by atoms with Crippen molar-refractivity contribution in [2.75, 3.05) is 13.4 Å². The van der Waals surface area contributed by atoms with Crippen molar-refractivity contribution in [3.8, 4) is 0 Å². The number of hydrogen-bond donors (Lipinski definition) is 2. The molecule has 154 valence electrons. The number of benzene rings is 2. The van der Waals surface area contributed by atoms with Crippen molar-refractivity contribution in [3.63, 3.8) is 0 Å². The predicted octanol–water partition coefficient (Wildman–Crippen LogP) is 4.31. The van der Waals surface area contributed by atoms with Gasteiger partial charge in [-0.3, -0.25) is 4.79 Å². The van der Waals surface area contributed by atoms with Crippen LogP contribution in [0, 0.1) is 5.82 Å². The van der Waals surface area contributed by atoms with Crippen molar-refractivity contribution in [2.45, 2.75) is 6.42 Å². The zero-order valence-corrected chi connectivity index (χ0v) is 17.3. The number of nitrogens with zero attached hydrogens (tertiary/aromatic N) is 1. The number of esters is 1. The average molecular weight is 425 g/mol. The van der Waals surface area contributed by atoms with Crippen LogP contribution in [0.5, 0.6) is 0 Å². The van der Waals surface area contributed by atoms with Gasteiger partial charge in [-0.25, -0.2) is 14.2 Å². The van der Waals surface area contributed by atoms with E-state index in [-0.39, 0.29) is 17.4 Å². The van der Waals surface area contributed by atoms with Gasteiger partial charge < -0.3 is 15.0 Å². The van der Waals surface area contributed by atoms with Crippen LogP contribution in [-0.4, -0.2) is 35.4 Å². The van der Waals surface area contributed by atoms with Crippen LogP contribution in [0.4, 0.5) is 10.1 Å². The molecular weight excluding hydrogens is 405 g/mol. The Kier molecular flexibility index (Phi) is 7.03. The molecule has 3 rings (SSSR count). The topological polar surface area (TPSA) is 83.6 Å². The summed E-state index contributed by atoms with van der Waals surface area (Å²) in [7, 11) is 1.27. The number of rotatable bonds is 5. The van der Waals surface area contributed by atoms with Crippen LogP contribution in [0.2, 0.25) is 0 Å².